The van der Waals surface area contributed by atoms with Gasteiger partial charge in [-0.2, -0.15) is 5.10 Å². The van der Waals surface area contributed by atoms with Crippen molar-refractivity contribution in [1.29, 1.82) is 0 Å². The summed E-state index contributed by atoms with van der Waals surface area (Å²) >= 11 is 0. The van der Waals surface area contributed by atoms with Crippen molar-refractivity contribution < 1.29 is 4.74 Å². The third kappa shape index (κ3) is 2.76. The minimum atomic E-state index is 0.165. The van der Waals surface area contributed by atoms with Gasteiger partial charge in [0.25, 0.3) is 0 Å². The van der Waals surface area contributed by atoms with Gasteiger partial charge in [-0.05, 0) is 11.0 Å². The Balaban J connectivity index is 2.23. The SMILES string of the molecule is COCc1nc(-c2ccc(C(C)(C)C)cc2)n[nH]1. The first-order valence-corrected chi connectivity index (χ1v) is 6.02. The van der Waals surface area contributed by atoms with E-state index in [-0.39, 0.29) is 5.41 Å². The summed E-state index contributed by atoms with van der Waals surface area (Å²) in [6.45, 7) is 7.05. The van der Waals surface area contributed by atoms with E-state index in [0.29, 0.717) is 12.4 Å². The predicted molar refractivity (Wildman–Crippen MR) is 71.2 cm³/mol. The summed E-state index contributed by atoms with van der Waals surface area (Å²) in [7, 11) is 1.64. The third-order valence-electron chi connectivity index (χ3n) is 2.82. The molecule has 0 amide bonds. The molecule has 1 aromatic heterocycles. The van der Waals surface area contributed by atoms with Gasteiger partial charge in [0.1, 0.15) is 6.61 Å². The number of hydrogen-bond donors (Lipinski definition) is 1. The van der Waals surface area contributed by atoms with Gasteiger partial charge in [-0.15, -0.1) is 0 Å². The Hall–Kier alpha value is -1.68. The highest BCUT2D eigenvalue weighted by Gasteiger charge is 2.13. The zero-order chi connectivity index (χ0) is 13.2. The maximum atomic E-state index is 5.01. The second-order valence-corrected chi connectivity index (χ2v) is 5.37. The van der Waals surface area contributed by atoms with Gasteiger partial charge in [0, 0.05) is 12.7 Å². The molecule has 0 bridgehead atoms. The van der Waals surface area contributed by atoms with E-state index in [9.17, 15) is 0 Å². The maximum Gasteiger partial charge on any atom is 0.181 e. The van der Waals surface area contributed by atoms with Gasteiger partial charge in [0.05, 0.1) is 0 Å². The molecule has 0 fully saturated rings. The topological polar surface area (TPSA) is 50.8 Å². The highest BCUT2D eigenvalue weighted by atomic mass is 16.5. The van der Waals surface area contributed by atoms with Gasteiger partial charge in [0.15, 0.2) is 11.6 Å². The smallest absolute Gasteiger partial charge is 0.181 e. The van der Waals surface area contributed by atoms with Crippen molar-refractivity contribution in [3.8, 4) is 11.4 Å². The number of aromatic nitrogens is 3. The second-order valence-electron chi connectivity index (χ2n) is 5.37. The molecule has 1 aromatic carbocycles. The van der Waals surface area contributed by atoms with Crippen molar-refractivity contribution in [2.45, 2.75) is 32.8 Å². The van der Waals surface area contributed by atoms with E-state index in [1.807, 2.05) is 0 Å². The Bertz CT molecular complexity index is 509. The predicted octanol–water partition coefficient (Wildman–Crippen LogP) is 2.92. The number of benzene rings is 1. The number of rotatable bonds is 3. The second kappa shape index (κ2) is 4.90. The molecule has 1 heterocycles. The minimum Gasteiger partial charge on any atom is -0.377 e. The van der Waals surface area contributed by atoms with Crippen LogP contribution in [-0.2, 0) is 16.8 Å². The maximum absolute atomic E-state index is 5.01. The van der Waals surface area contributed by atoms with E-state index in [1.54, 1.807) is 7.11 Å². The molecule has 4 nitrogen and oxygen atoms in total. The third-order valence-corrected chi connectivity index (χ3v) is 2.82. The van der Waals surface area contributed by atoms with Crippen LogP contribution < -0.4 is 0 Å². The molecule has 2 aromatic rings. The number of nitrogens with zero attached hydrogens (tertiary/aromatic N) is 2. The van der Waals surface area contributed by atoms with Crippen LogP contribution in [0.2, 0.25) is 0 Å². The zero-order valence-electron chi connectivity index (χ0n) is 11.3. The summed E-state index contributed by atoms with van der Waals surface area (Å²) in [5.41, 5.74) is 2.49. The first-order chi connectivity index (χ1) is 8.50. The highest BCUT2D eigenvalue weighted by molar-refractivity contribution is 5.55. The van der Waals surface area contributed by atoms with Crippen LogP contribution >= 0.6 is 0 Å². The van der Waals surface area contributed by atoms with E-state index < -0.39 is 0 Å². The first-order valence-electron chi connectivity index (χ1n) is 6.02. The monoisotopic (exact) mass is 245 g/mol. The molecule has 18 heavy (non-hydrogen) atoms. The Morgan fingerprint density at radius 2 is 1.83 bits per heavy atom. The lowest BCUT2D eigenvalue weighted by atomic mass is 9.87. The van der Waals surface area contributed by atoms with Crippen LogP contribution in [0.25, 0.3) is 11.4 Å². The molecular weight excluding hydrogens is 226 g/mol. The standard InChI is InChI=1S/C14H19N3O/c1-14(2,3)11-7-5-10(6-8-11)13-15-12(9-18-4)16-17-13/h5-8H,9H2,1-4H3,(H,15,16,17). The lowest BCUT2D eigenvalue weighted by Gasteiger charge is -2.18. The fourth-order valence-electron chi connectivity index (χ4n) is 1.74. The van der Waals surface area contributed by atoms with Crippen molar-refractivity contribution in [2.24, 2.45) is 0 Å². The van der Waals surface area contributed by atoms with Crippen LogP contribution in [0.5, 0.6) is 0 Å². The number of nitrogens with one attached hydrogen (secondary N) is 1. The zero-order valence-corrected chi connectivity index (χ0v) is 11.3. The molecule has 0 aliphatic rings. The van der Waals surface area contributed by atoms with Crippen molar-refractivity contribution in [3.63, 3.8) is 0 Å². The Morgan fingerprint density at radius 3 is 2.39 bits per heavy atom. The van der Waals surface area contributed by atoms with Crippen molar-refractivity contribution >= 4 is 0 Å². The van der Waals surface area contributed by atoms with E-state index >= 15 is 0 Å². The van der Waals surface area contributed by atoms with Gasteiger partial charge in [-0.3, -0.25) is 5.10 Å². The number of aromatic amines is 1. The summed E-state index contributed by atoms with van der Waals surface area (Å²) < 4.78 is 5.01. The van der Waals surface area contributed by atoms with E-state index in [2.05, 4.69) is 60.2 Å². The fraction of sp³-hybridized carbons (Fsp3) is 0.429. The lowest BCUT2D eigenvalue weighted by molar-refractivity contribution is 0.178. The Kier molecular flexibility index (Phi) is 3.48. The summed E-state index contributed by atoms with van der Waals surface area (Å²) in [6.07, 6.45) is 0. The first kappa shape index (κ1) is 12.8. The van der Waals surface area contributed by atoms with Crippen LogP contribution in [0, 0.1) is 0 Å². The van der Waals surface area contributed by atoms with Gasteiger partial charge >= 0.3 is 0 Å². The number of H-pyrrole nitrogens is 1. The minimum absolute atomic E-state index is 0.165. The molecule has 0 radical (unpaired) electrons. The Morgan fingerprint density at radius 1 is 1.17 bits per heavy atom. The van der Waals surface area contributed by atoms with E-state index in [4.69, 9.17) is 4.74 Å². The van der Waals surface area contributed by atoms with Crippen LogP contribution in [0.3, 0.4) is 0 Å². The van der Waals surface area contributed by atoms with Crippen LogP contribution in [0.1, 0.15) is 32.2 Å². The highest BCUT2D eigenvalue weighted by Crippen LogP contribution is 2.24. The Labute approximate surface area is 107 Å². The van der Waals surface area contributed by atoms with E-state index in [0.717, 1.165) is 11.4 Å². The summed E-state index contributed by atoms with van der Waals surface area (Å²) in [5.74, 6) is 1.45. The molecule has 0 spiro atoms. The summed E-state index contributed by atoms with van der Waals surface area (Å²) in [5, 5.41) is 7.04. The summed E-state index contributed by atoms with van der Waals surface area (Å²) in [6, 6.07) is 8.37. The molecule has 2 rings (SSSR count). The van der Waals surface area contributed by atoms with Gasteiger partial charge in [-0.25, -0.2) is 4.98 Å². The molecule has 0 atom stereocenters. The molecule has 0 saturated carbocycles. The molecular formula is C14H19N3O. The van der Waals surface area contributed by atoms with Crippen LogP contribution in [0.4, 0.5) is 0 Å². The molecule has 1 N–H and O–H groups in total. The number of methoxy groups -OCH3 is 1. The average Bonchev–Trinajstić information content (AvgIpc) is 2.77. The molecule has 0 unspecified atom stereocenters. The van der Waals surface area contributed by atoms with Crippen molar-refractivity contribution in [3.05, 3.63) is 35.7 Å². The number of ether oxygens (including phenoxy) is 1. The van der Waals surface area contributed by atoms with Crippen LogP contribution in [-0.4, -0.2) is 22.3 Å². The normalized spacial score (nSPS) is 11.8. The molecule has 4 heteroatoms. The molecule has 0 aliphatic carbocycles. The van der Waals surface area contributed by atoms with Crippen molar-refractivity contribution in [2.75, 3.05) is 7.11 Å². The van der Waals surface area contributed by atoms with Gasteiger partial charge in [-0.1, -0.05) is 45.0 Å². The molecule has 0 aliphatic heterocycles. The number of hydrogen-bond acceptors (Lipinski definition) is 3. The van der Waals surface area contributed by atoms with Gasteiger partial charge in [0.2, 0.25) is 0 Å². The molecule has 96 valence electrons. The van der Waals surface area contributed by atoms with Crippen LogP contribution in [0.15, 0.2) is 24.3 Å². The largest absolute Gasteiger partial charge is 0.377 e. The summed E-state index contributed by atoms with van der Waals surface area (Å²) in [4.78, 5) is 4.37. The average molecular weight is 245 g/mol. The fourth-order valence-corrected chi connectivity index (χ4v) is 1.74. The molecule has 0 saturated heterocycles. The van der Waals surface area contributed by atoms with Gasteiger partial charge < -0.3 is 4.74 Å². The lowest BCUT2D eigenvalue weighted by Crippen LogP contribution is -2.10. The van der Waals surface area contributed by atoms with E-state index in [1.165, 1.54) is 5.56 Å². The quantitative estimate of drug-likeness (QED) is 0.904. The van der Waals surface area contributed by atoms with Crippen molar-refractivity contribution in [1.82, 2.24) is 15.2 Å².